The quantitative estimate of drug-likeness (QED) is 0.532. The van der Waals surface area contributed by atoms with E-state index in [9.17, 15) is 5.11 Å². The predicted molar refractivity (Wildman–Crippen MR) is 83.6 cm³/mol. The molecule has 2 aromatic carbocycles. The van der Waals surface area contributed by atoms with Gasteiger partial charge in [0.05, 0.1) is 25.1 Å². The van der Waals surface area contributed by atoms with Gasteiger partial charge in [-0.2, -0.15) is 0 Å². The fourth-order valence-corrected chi connectivity index (χ4v) is 2.98. The number of phenols is 1. The molecule has 1 nitrogen and oxygen atoms in total. The Morgan fingerprint density at radius 2 is 1.26 bits per heavy atom. The summed E-state index contributed by atoms with van der Waals surface area (Å²) in [5.74, 6) is -0.240. The topological polar surface area (TPSA) is 20.2 Å². The summed E-state index contributed by atoms with van der Waals surface area (Å²) in [4.78, 5) is 0. The molecule has 0 saturated heterocycles. The van der Waals surface area contributed by atoms with Crippen LogP contribution in [0.15, 0.2) is 18.2 Å². The van der Waals surface area contributed by atoms with E-state index in [0.29, 0.717) is 10.6 Å². The normalized spacial score (nSPS) is 10.8. The van der Waals surface area contributed by atoms with E-state index in [4.69, 9.17) is 69.6 Å². The van der Waals surface area contributed by atoms with Gasteiger partial charge in [-0.25, -0.2) is 0 Å². The summed E-state index contributed by atoms with van der Waals surface area (Å²) in [6.07, 6.45) is 0. The van der Waals surface area contributed by atoms with Crippen molar-refractivity contribution in [2.45, 2.75) is 0 Å². The van der Waals surface area contributed by atoms with Crippen molar-refractivity contribution in [3.8, 4) is 16.9 Å². The molecule has 0 aromatic heterocycles. The van der Waals surface area contributed by atoms with Gasteiger partial charge in [0.15, 0.2) is 0 Å². The molecule has 1 N–H and O–H groups in total. The second-order valence-corrected chi connectivity index (χ2v) is 6.04. The van der Waals surface area contributed by atoms with Gasteiger partial charge < -0.3 is 5.11 Å². The van der Waals surface area contributed by atoms with E-state index in [1.165, 1.54) is 18.2 Å². The molecular formula is C12H4Cl6O. The Labute approximate surface area is 139 Å². The first-order chi connectivity index (χ1) is 8.82. The number of hydrogen-bond acceptors (Lipinski definition) is 1. The van der Waals surface area contributed by atoms with Gasteiger partial charge in [-0.15, -0.1) is 0 Å². The molecule has 0 radical (unpaired) electrons. The molecule has 0 heterocycles. The van der Waals surface area contributed by atoms with Crippen LogP contribution in [-0.2, 0) is 0 Å². The molecule has 2 aromatic rings. The van der Waals surface area contributed by atoms with Crippen LogP contribution in [0.1, 0.15) is 0 Å². The van der Waals surface area contributed by atoms with Crippen molar-refractivity contribution in [2.24, 2.45) is 0 Å². The van der Waals surface area contributed by atoms with Gasteiger partial charge in [-0.1, -0.05) is 69.6 Å². The van der Waals surface area contributed by atoms with Crippen LogP contribution in [0.4, 0.5) is 0 Å². The summed E-state index contributed by atoms with van der Waals surface area (Å²) in [6, 6.07) is 4.33. The number of halogens is 6. The van der Waals surface area contributed by atoms with Crippen molar-refractivity contribution in [3.05, 3.63) is 48.3 Å². The van der Waals surface area contributed by atoms with Gasteiger partial charge in [0.25, 0.3) is 0 Å². The largest absolute Gasteiger partial charge is 0.506 e. The number of aromatic hydroxyl groups is 1. The van der Waals surface area contributed by atoms with Crippen molar-refractivity contribution in [3.63, 3.8) is 0 Å². The minimum absolute atomic E-state index is 0.0524. The minimum atomic E-state index is -0.240. The molecule has 0 fully saturated rings. The van der Waals surface area contributed by atoms with E-state index < -0.39 is 0 Å². The van der Waals surface area contributed by atoms with Crippen LogP contribution in [0.25, 0.3) is 11.1 Å². The SMILES string of the molecule is Oc1c(Cl)cc(Cl)c(Cl)c1-c1cc(Cl)cc(Cl)c1Cl. The lowest BCUT2D eigenvalue weighted by Gasteiger charge is -2.13. The summed E-state index contributed by atoms with van der Waals surface area (Å²) in [5, 5.41) is 11.2. The number of rotatable bonds is 1. The molecule has 0 aliphatic carbocycles. The summed E-state index contributed by atoms with van der Waals surface area (Å²) in [7, 11) is 0. The van der Waals surface area contributed by atoms with Crippen LogP contribution in [0.3, 0.4) is 0 Å². The van der Waals surface area contributed by atoms with E-state index >= 15 is 0 Å². The lowest BCUT2D eigenvalue weighted by molar-refractivity contribution is 0.477. The monoisotopic (exact) mass is 374 g/mol. The molecule has 0 spiro atoms. The van der Waals surface area contributed by atoms with Gasteiger partial charge in [-0.3, -0.25) is 0 Å². The Morgan fingerprint density at radius 1 is 0.684 bits per heavy atom. The van der Waals surface area contributed by atoms with Gasteiger partial charge in [0.2, 0.25) is 0 Å². The van der Waals surface area contributed by atoms with Crippen LogP contribution in [0.5, 0.6) is 5.75 Å². The molecular weight excluding hydrogens is 373 g/mol. The lowest BCUT2D eigenvalue weighted by atomic mass is 10.0. The van der Waals surface area contributed by atoms with Crippen molar-refractivity contribution >= 4 is 69.6 Å². The molecule has 0 atom stereocenters. The number of phenolic OH excluding ortho intramolecular Hbond substituents is 1. The van der Waals surface area contributed by atoms with E-state index in [0.717, 1.165) is 0 Å². The van der Waals surface area contributed by atoms with Crippen molar-refractivity contribution in [1.82, 2.24) is 0 Å². The third-order valence-corrected chi connectivity index (χ3v) is 4.50. The Hall–Kier alpha value is -0.0200. The minimum Gasteiger partial charge on any atom is -0.506 e. The maximum atomic E-state index is 10.0. The average Bonchev–Trinajstić information content (AvgIpc) is 2.33. The Morgan fingerprint density at radius 3 is 1.89 bits per heavy atom. The van der Waals surface area contributed by atoms with Crippen LogP contribution in [-0.4, -0.2) is 5.11 Å². The van der Waals surface area contributed by atoms with Gasteiger partial charge >= 0.3 is 0 Å². The highest BCUT2D eigenvalue weighted by Crippen LogP contribution is 2.48. The Bertz CT molecular complexity index is 642. The highest BCUT2D eigenvalue weighted by molar-refractivity contribution is 6.48. The third kappa shape index (κ3) is 2.87. The smallest absolute Gasteiger partial charge is 0.143 e. The first-order valence-electron chi connectivity index (χ1n) is 4.84. The van der Waals surface area contributed by atoms with Gasteiger partial charge in [0, 0.05) is 16.1 Å². The molecule has 7 heteroatoms. The molecule has 0 bridgehead atoms. The maximum Gasteiger partial charge on any atom is 0.143 e. The fraction of sp³-hybridized carbons (Fsp3) is 0. The molecule has 0 aliphatic rings. The molecule has 2 rings (SSSR count). The molecule has 0 aliphatic heterocycles. The van der Waals surface area contributed by atoms with Crippen LogP contribution in [0, 0.1) is 0 Å². The van der Waals surface area contributed by atoms with Crippen molar-refractivity contribution < 1.29 is 5.11 Å². The Balaban J connectivity index is 2.87. The van der Waals surface area contributed by atoms with Crippen molar-refractivity contribution in [1.29, 1.82) is 0 Å². The average molecular weight is 377 g/mol. The van der Waals surface area contributed by atoms with E-state index in [-0.39, 0.29) is 36.4 Å². The lowest BCUT2D eigenvalue weighted by Crippen LogP contribution is -1.87. The number of hydrogen-bond donors (Lipinski definition) is 1. The highest BCUT2D eigenvalue weighted by Gasteiger charge is 2.20. The standard InChI is InChI=1S/C12H4Cl6O/c13-4-1-5(10(17)6(14)2-4)9-11(18)7(15)3-8(16)12(9)19/h1-3,19H. The van der Waals surface area contributed by atoms with Gasteiger partial charge in [0.1, 0.15) is 5.75 Å². The predicted octanol–water partition coefficient (Wildman–Crippen LogP) is 6.98. The zero-order chi connectivity index (χ0) is 14.3. The molecule has 100 valence electrons. The fourth-order valence-electron chi connectivity index (χ4n) is 1.57. The van der Waals surface area contributed by atoms with Crippen molar-refractivity contribution in [2.75, 3.05) is 0 Å². The second-order valence-electron chi connectivity index (χ2n) is 3.63. The van der Waals surface area contributed by atoms with E-state index in [2.05, 4.69) is 0 Å². The molecule has 0 unspecified atom stereocenters. The first-order valence-corrected chi connectivity index (χ1v) is 7.11. The maximum absolute atomic E-state index is 10.0. The zero-order valence-electron chi connectivity index (χ0n) is 8.95. The highest BCUT2D eigenvalue weighted by atomic mass is 35.5. The summed E-state index contributed by atoms with van der Waals surface area (Å²) < 4.78 is 0. The van der Waals surface area contributed by atoms with Crippen LogP contribution < -0.4 is 0 Å². The van der Waals surface area contributed by atoms with Crippen LogP contribution >= 0.6 is 69.6 Å². The number of benzene rings is 2. The summed E-state index contributed by atoms with van der Waals surface area (Å²) >= 11 is 35.9. The second kappa shape index (κ2) is 5.77. The first kappa shape index (κ1) is 15.4. The third-order valence-electron chi connectivity index (χ3n) is 2.41. The molecule has 19 heavy (non-hydrogen) atoms. The molecule has 0 amide bonds. The molecule has 0 saturated carbocycles. The van der Waals surface area contributed by atoms with E-state index in [1.807, 2.05) is 0 Å². The Kier molecular flexibility index (Phi) is 4.67. The summed E-state index contributed by atoms with van der Waals surface area (Å²) in [5.41, 5.74) is 0.541. The zero-order valence-corrected chi connectivity index (χ0v) is 13.5. The summed E-state index contributed by atoms with van der Waals surface area (Å²) in [6.45, 7) is 0. The van der Waals surface area contributed by atoms with Gasteiger partial charge in [-0.05, 0) is 18.2 Å². The van der Waals surface area contributed by atoms with E-state index in [1.54, 1.807) is 0 Å². The van der Waals surface area contributed by atoms with Crippen LogP contribution in [0.2, 0.25) is 30.1 Å².